The average Bonchev–Trinajstić information content (AvgIpc) is 2.39. The molecule has 0 radical (unpaired) electrons. The molecule has 0 saturated carbocycles. The molecular weight excluding hydrogens is 263 g/mol. The van der Waals surface area contributed by atoms with Crippen LogP contribution in [0.5, 0.6) is 0 Å². The third-order valence-electron chi connectivity index (χ3n) is 1.52. The smallest absolute Gasteiger partial charge is 0.201 e. The summed E-state index contributed by atoms with van der Waals surface area (Å²) in [6, 6.07) is 3.61. The number of fused-ring (bicyclic) bond motifs is 1. The fourth-order valence-corrected chi connectivity index (χ4v) is 1.76. The van der Waals surface area contributed by atoms with Crippen LogP contribution in [0.3, 0.4) is 0 Å². The van der Waals surface area contributed by atoms with Crippen LogP contribution in [-0.2, 0) is 0 Å². The van der Waals surface area contributed by atoms with Gasteiger partial charge in [-0.05, 0) is 39.7 Å². The molecule has 2 nitrogen and oxygen atoms in total. The van der Waals surface area contributed by atoms with E-state index in [2.05, 4.69) is 25.9 Å². The van der Waals surface area contributed by atoms with Crippen molar-refractivity contribution in [2.24, 2.45) is 0 Å². The predicted molar refractivity (Wildman–Crippen MR) is 53.8 cm³/mol. The molecule has 0 aliphatic carbocycles. The van der Waals surface area contributed by atoms with Crippen molar-refractivity contribution in [2.75, 3.05) is 0 Å². The summed E-state index contributed by atoms with van der Waals surface area (Å²) in [6.45, 7) is 0. The Morgan fingerprint density at radius 1 is 1.33 bits per heavy atom. The number of hydrogen-bond donors (Lipinski definition) is 1. The molecule has 1 heterocycles. The lowest BCUT2D eigenvalue weighted by molar-refractivity contribution is 1.34. The Bertz CT molecular complexity index is 438. The second-order valence-corrected chi connectivity index (χ2v) is 3.84. The minimum atomic E-state index is 0.368. The van der Waals surface area contributed by atoms with Crippen molar-refractivity contribution in [1.29, 1.82) is 0 Å². The van der Waals surface area contributed by atoms with Crippen LogP contribution in [0.25, 0.3) is 11.0 Å². The third kappa shape index (κ3) is 1.22. The van der Waals surface area contributed by atoms with Gasteiger partial charge in [0.1, 0.15) is 5.52 Å². The summed E-state index contributed by atoms with van der Waals surface area (Å²) in [5.74, 6) is 0. The van der Waals surface area contributed by atoms with Crippen molar-refractivity contribution in [3.63, 3.8) is 0 Å². The molecule has 0 unspecified atom stereocenters. The zero-order valence-electron chi connectivity index (χ0n) is 5.74. The van der Waals surface area contributed by atoms with Crippen LogP contribution in [0.4, 0.5) is 0 Å². The second kappa shape index (κ2) is 2.91. The molecule has 0 fully saturated rings. The van der Waals surface area contributed by atoms with Gasteiger partial charge < -0.3 is 4.98 Å². The van der Waals surface area contributed by atoms with Crippen LogP contribution in [0.2, 0.25) is 10.3 Å². The first-order valence-electron chi connectivity index (χ1n) is 3.17. The maximum atomic E-state index is 5.85. The van der Waals surface area contributed by atoms with Gasteiger partial charge in [0.2, 0.25) is 5.28 Å². The van der Waals surface area contributed by atoms with Crippen LogP contribution in [0.15, 0.2) is 16.6 Å². The minimum Gasteiger partial charge on any atom is -0.329 e. The molecule has 1 aromatic carbocycles. The number of rotatable bonds is 0. The molecule has 0 aliphatic rings. The summed E-state index contributed by atoms with van der Waals surface area (Å²) < 4.78 is 0.768. The predicted octanol–water partition coefficient (Wildman–Crippen LogP) is 3.63. The zero-order chi connectivity index (χ0) is 8.72. The summed E-state index contributed by atoms with van der Waals surface area (Å²) in [6.07, 6.45) is 0. The van der Waals surface area contributed by atoms with Gasteiger partial charge in [0.05, 0.1) is 15.0 Å². The highest BCUT2D eigenvalue weighted by molar-refractivity contribution is 9.10. The highest BCUT2D eigenvalue weighted by Crippen LogP contribution is 2.30. The molecule has 2 aromatic rings. The van der Waals surface area contributed by atoms with Crippen LogP contribution >= 0.6 is 39.1 Å². The normalized spacial score (nSPS) is 10.9. The number of aromatic nitrogens is 2. The molecule has 0 amide bonds. The van der Waals surface area contributed by atoms with E-state index in [0.717, 1.165) is 15.5 Å². The van der Waals surface area contributed by atoms with Gasteiger partial charge in [-0.2, -0.15) is 0 Å². The van der Waals surface area contributed by atoms with E-state index >= 15 is 0 Å². The van der Waals surface area contributed by atoms with E-state index in [1.807, 2.05) is 6.07 Å². The van der Waals surface area contributed by atoms with Crippen LogP contribution in [0, 0.1) is 0 Å². The van der Waals surface area contributed by atoms with Gasteiger partial charge in [-0.15, -0.1) is 0 Å². The van der Waals surface area contributed by atoms with E-state index in [0.29, 0.717) is 10.3 Å². The van der Waals surface area contributed by atoms with Crippen LogP contribution in [-0.4, -0.2) is 9.97 Å². The van der Waals surface area contributed by atoms with Crippen molar-refractivity contribution >= 4 is 50.2 Å². The topological polar surface area (TPSA) is 28.7 Å². The number of nitrogens with one attached hydrogen (secondary N) is 1. The lowest BCUT2D eigenvalue weighted by Gasteiger charge is -1.94. The largest absolute Gasteiger partial charge is 0.329 e. The van der Waals surface area contributed by atoms with Crippen LogP contribution < -0.4 is 0 Å². The maximum Gasteiger partial charge on any atom is 0.201 e. The van der Waals surface area contributed by atoms with E-state index in [1.165, 1.54) is 0 Å². The summed E-state index contributed by atoms with van der Waals surface area (Å²) in [5.41, 5.74) is 1.63. The van der Waals surface area contributed by atoms with Gasteiger partial charge in [-0.1, -0.05) is 11.6 Å². The first-order valence-corrected chi connectivity index (χ1v) is 4.72. The monoisotopic (exact) mass is 264 g/mol. The van der Waals surface area contributed by atoms with E-state index < -0.39 is 0 Å². The van der Waals surface area contributed by atoms with Crippen molar-refractivity contribution < 1.29 is 0 Å². The molecular formula is C7H3BrCl2N2. The number of benzene rings is 1. The first kappa shape index (κ1) is 8.35. The van der Waals surface area contributed by atoms with Crippen molar-refractivity contribution in [3.8, 4) is 0 Å². The SMILES string of the molecule is Clc1nc2c(Br)c(Cl)ccc2[nH]1. The fraction of sp³-hybridized carbons (Fsp3) is 0. The number of halogens is 3. The molecule has 0 aliphatic heterocycles. The fourth-order valence-electron chi connectivity index (χ4n) is 0.987. The molecule has 1 N–H and O–H groups in total. The zero-order valence-corrected chi connectivity index (χ0v) is 8.83. The standard InChI is InChI=1S/C7H3BrCl2N2/c8-5-3(9)1-2-4-6(5)12-7(10)11-4/h1-2H,(H,11,12). The van der Waals surface area contributed by atoms with Gasteiger partial charge in [0, 0.05) is 0 Å². The Hall–Kier alpha value is -0.250. The van der Waals surface area contributed by atoms with Gasteiger partial charge in [0.25, 0.3) is 0 Å². The number of aromatic amines is 1. The van der Waals surface area contributed by atoms with E-state index in [4.69, 9.17) is 23.2 Å². The van der Waals surface area contributed by atoms with Gasteiger partial charge in [0.15, 0.2) is 0 Å². The molecule has 0 atom stereocenters. The average molecular weight is 266 g/mol. The van der Waals surface area contributed by atoms with Crippen molar-refractivity contribution in [1.82, 2.24) is 9.97 Å². The Kier molecular flexibility index (Phi) is 2.02. The van der Waals surface area contributed by atoms with E-state index in [9.17, 15) is 0 Å². The molecule has 5 heteroatoms. The number of imidazole rings is 1. The molecule has 0 spiro atoms. The Morgan fingerprint density at radius 2 is 2.08 bits per heavy atom. The molecule has 0 saturated heterocycles. The van der Waals surface area contributed by atoms with Crippen molar-refractivity contribution in [3.05, 3.63) is 26.9 Å². The van der Waals surface area contributed by atoms with E-state index in [-0.39, 0.29) is 0 Å². The maximum absolute atomic E-state index is 5.85. The third-order valence-corrected chi connectivity index (χ3v) is 3.04. The number of nitrogens with zero attached hydrogens (tertiary/aromatic N) is 1. The highest BCUT2D eigenvalue weighted by atomic mass is 79.9. The summed E-state index contributed by atoms with van der Waals surface area (Å²) >= 11 is 14.9. The molecule has 12 heavy (non-hydrogen) atoms. The summed E-state index contributed by atoms with van der Waals surface area (Å²) in [7, 11) is 0. The van der Waals surface area contributed by atoms with Gasteiger partial charge in [-0.25, -0.2) is 4.98 Å². The Morgan fingerprint density at radius 3 is 2.83 bits per heavy atom. The van der Waals surface area contributed by atoms with E-state index in [1.54, 1.807) is 6.07 Å². The summed E-state index contributed by atoms with van der Waals surface area (Å²) in [5, 5.41) is 0.999. The first-order chi connectivity index (χ1) is 5.68. The molecule has 1 aromatic heterocycles. The lowest BCUT2D eigenvalue weighted by atomic mass is 10.3. The Labute approximate surface area is 87.0 Å². The van der Waals surface area contributed by atoms with Crippen molar-refractivity contribution in [2.45, 2.75) is 0 Å². The lowest BCUT2D eigenvalue weighted by Crippen LogP contribution is -1.72. The molecule has 2 rings (SSSR count). The Balaban J connectivity index is 2.89. The number of H-pyrrole nitrogens is 1. The van der Waals surface area contributed by atoms with Gasteiger partial charge >= 0.3 is 0 Å². The summed E-state index contributed by atoms with van der Waals surface area (Å²) in [4.78, 5) is 6.94. The quantitative estimate of drug-likeness (QED) is 0.774. The van der Waals surface area contributed by atoms with Crippen LogP contribution in [0.1, 0.15) is 0 Å². The number of hydrogen-bond acceptors (Lipinski definition) is 1. The van der Waals surface area contributed by atoms with Gasteiger partial charge in [-0.3, -0.25) is 0 Å². The molecule has 62 valence electrons. The molecule has 0 bridgehead atoms. The minimum absolute atomic E-state index is 0.368. The second-order valence-electron chi connectivity index (χ2n) is 2.29. The highest BCUT2D eigenvalue weighted by Gasteiger charge is 2.06.